The van der Waals surface area contributed by atoms with Gasteiger partial charge in [-0.3, -0.25) is 0 Å². The van der Waals surface area contributed by atoms with Crippen molar-refractivity contribution < 1.29 is 24.4 Å². The quantitative estimate of drug-likeness (QED) is 0.500. The molecule has 2 fully saturated rings. The number of hydrogen-bond acceptors (Lipinski definition) is 5. The lowest BCUT2D eigenvalue weighted by molar-refractivity contribution is 0.101. The van der Waals surface area contributed by atoms with E-state index in [9.17, 15) is 0 Å². The summed E-state index contributed by atoms with van der Waals surface area (Å²) in [5, 5.41) is 17.3. The Balaban J connectivity index is 1.47. The van der Waals surface area contributed by atoms with Crippen LogP contribution in [0, 0.1) is 0 Å². The number of aliphatic hydroxyl groups is 2. The fourth-order valence-electron chi connectivity index (χ4n) is 1.27. The Morgan fingerprint density at radius 2 is 1.31 bits per heavy atom. The van der Waals surface area contributed by atoms with Gasteiger partial charge in [0, 0.05) is 0 Å². The highest BCUT2D eigenvalue weighted by atomic mass is 16.6. The Hall–Kier alpha value is -0.200. The van der Waals surface area contributed by atoms with Crippen molar-refractivity contribution in [3.63, 3.8) is 0 Å². The van der Waals surface area contributed by atoms with Gasteiger partial charge in [-0.25, -0.2) is 0 Å². The van der Waals surface area contributed by atoms with Crippen LogP contribution in [0.3, 0.4) is 0 Å². The molecule has 2 aliphatic rings. The highest BCUT2D eigenvalue weighted by Crippen LogP contribution is 2.24. The molecule has 2 saturated heterocycles. The van der Waals surface area contributed by atoms with E-state index in [1.165, 1.54) is 0 Å². The van der Waals surface area contributed by atoms with E-state index in [2.05, 4.69) is 0 Å². The van der Waals surface area contributed by atoms with Crippen LogP contribution in [0.5, 0.6) is 0 Å². The molecule has 5 heteroatoms. The van der Waals surface area contributed by atoms with Gasteiger partial charge in [-0.1, -0.05) is 0 Å². The summed E-state index contributed by atoms with van der Waals surface area (Å²) in [4.78, 5) is 0. The smallest absolute Gasteiger partial charge is 0.110 e. The predicted octanol–water partition coefficient (Wildman–Crippen LogP) is -1.48. The fourth-order valence-corrected chi connectivity index (χ4v) is 1.27. The molecule has 0 aromatic carbocycles. The lowest BCUT2D eigenvalue weighted by Crippen LogP contribution is -2.12. The highest BCUT2D eigenvalue weighted by Gasteiger charge is 2.41. The van der Waals surface area contributed by atoms with Crippen molar-refractivity contribution in [3.8, 4) is 0 Å². The maximum atomic E-state index is 8.64. The first-order chi connectivity index (χ1) is 6.35. The first kappa shape index (κ1) is 9.36. The molecule has 0 aliphatic carbocycles. The molecular weight excluding hydrogens is 176 g/mol. The molecule has 4 atom stereocenters. The minimum absolute atomic E-state index is 0.0336. The second-order valence-corrected chi connectivity index (χ2v) is 3.33. The van der Waals surface area contributed by atoms with E-state index in [0.717, 1.165) is 0 Å². The number of aliphatic hydroxyl groups excluding tert-OH is 2. The van der Waals surface area contributed by atoms with Gasteiger partial charge in [0.1, 0.15) is 24.4 Å². The maximum absolute atomic E-state index is 8.64. The van der Waals surface area contributed by atoms with Crippen molar-refractivity contribution in [2.24, 2.45) is 0 Å². The largest absolute Gasteiger partial charge is 0.394 e. The summed E-state index contributed by atoms with van der Waals surface area (Å²) >= 11 is 0. The van der Waals surface area contributed by atoms with Crippen LogP contribution >= 0.6 is 0 Å². The third kappa shape index (κ3) is 2.38. The zero-order valence-corrected chi connectivity index (χ0v) is 7.26. The van der Waals surface area contributed by atoms with Crippen LogP contribution in [0.2, 0.25) is 0 Å². The molecule has 0 spiro atoms. The normalized spacial score (nSPS) is 42.0. The van der Waals surface area contributed by atoms with Crippen LogP contribution in [0.1, 0.15) is 0 Å². The standard InChI is InChI=1S/C8H14O5/c9-1-5-7(12-5)3-11-4-8-6(2-10)13-8/h5-10H,1-4H2. The summed E-state index contributed by atoms with van der Waals surface area (Å²) in [6.07, 6.45) is 0.0372. The molecule has 0 aromatic rings. The molecule has 2 heterocycles. The van der Waals surface area contributed by atoms with Gasteiger partial charge < -0.3 is 24.4 Å². The molecule has 5 nitrogen and oxygen atoms in total. The molecule has 0 bridgehead atoms. The summed E-state index contributed by atoms with van der Waals surface area (Å²) in [5.41, 5.74) is 0. The Kier molecular flexibility index (Phi) is 2.80. The van der Waals surface area contributed by atoms with Crippen LogP contribution in [-0.4, -0.2) is 61.1 Å². The van der Waals surface area contributed by atoms with Crippen molar-refractivity contribution in [2.45, 2.75) is 24.4 Å². The van der Waals surface area contributed by atoms with Gasteiger partial charge in [-0.15, -0.1) is 0 Å². The third-order valence-corrected chi connectivity index (χ3v) is 2.30. The first-order valence-corrected chi connectivity index (χ1v) is 4.45. The molecule has 4 unspecified atom stereocenters. The molecule has 76 valence electrons. The molecule has 13 heavy (non-hydrogen) atoms. The van der Waals surface area contributed by atoms with Gasteiger partial charge >= 0.3 is 0 Å². The van der Waals surface area contributed by atoms with Crippen molar-refractivity contribution in [1.29, 1.82) is 0 Å². The van der Waals surface area contributed by atoms with E-state index >= 15 is 0 Å². The minimum Gasteiger partial charge on any atom is -0.394 e. The highest BCUT2D eigenvalue weighted by molar-refractivity contribution is 4.86. The maximum Gasteiger partial charge on any atom is 0.110 e. The van der Waals surface area contributed by atoms with Gasteiger partial charge in [0.2, 0.25) is 0 Å². The van der Waals surface area contributed by atoms with Crippen LogP contribution in [0.4, 0.5) is 0 Å². The average molecular weight is 190 g/mol. The average Bonchev–Trinajstić information content (AvgIpc) is 2.99. The van der Waals surface area contributed by atoms with Crippen LogP contribution in [-0.2, 0) is 14.2 Å². The molecular formula is C8H14O5. The lowest BCUT2D eigenvalue weighted by Gasteiger charge is -1.97. The van der Waals surface area contributed by atoms with Gasteiger partial charge in [0.05, 0.1) is 26.4 Å². The van der Waals surface area contributed by atoms with Gasteiger partial charge in [0.15, 0.2) is 0 Å². The summed E-state index contributed by atoms with van der Waals surface area (Å²) in [5.74, 6) is 0. The van der Waals surface area contributed by atoms with E-state index < -0.39 is 0 Å². The summed E-state index contributed by atoms with van der Waals surface area (Å²) in [6, 6.07) is 0. The Morgan fingerprint density at radius 3 is 1.62 bits per heavy atom. The topological polar surface area (TPSA) is 74.8 Å². The van der Waals surface area contributed by atoms with E-state index in [-0.39, 0.29) is 37.6 Å². The van der Waals surface area contributed by atoms with Crippen LogP contribution in [0.25, 0.3) is 0 Å². The number of epoxide rings is 2. The van der Waals surface area contributed by atoms with Crippen LogP contribution in [0.15, 0.2) is 0 Å². The lowest BCUT2D eigenvalue weighted by atomic mass is 10.3. The zero-order valence-electron chi connectivity index (χ0n) is 7.26. The summed E-state index contributed by atoms with van der Waals surface area (Å²) < 4.78 is 15.4. The molecule has 2 N–H and O–H groups in total. The van der Waals surface area contributed by atoms with Crippen molar-refractivity contribution >= 4 is 0 Å². The number of rotatable bonds is 6. The van der Waals surface area contributed by atoms with Gasteiger partial charge in [-0.2, -0.15) is 0 Å². The fraction of sp³-hybridized carbons (Fsp3) is 1.00. The van der Waals surface area contributed by atoms with E-state index in [1.54, 1.807) is 0 Å². The van der Waals surface area contributed by atoms with Crippen molar-refractivity contribution in [1.82, 2.24) is 0 Å². The molecule has 2 rings (SSSR count). The van der Waals surface area contributed by atoms with Gasteiger partial charge in [-0.05, 0) is 0 Å². The monoisotopic (exact) mass is 190 g/mol. The second kappa shape index (κ2) is 3.89. The van der Waals surface area contributed by atoms with E-state index in [1.807, 2.05) is 0 Å². The molecule has 0 aromatic heterocycles. The molecule has 0 saturated carbocycles. The third-order valence-electron chi connectivity index (χ3n) is 2.30. The Labute approximate surface area is 76.2 Å². The number of ether oxygens (including phenoxy) is 3. The second-order valence-electron chi connectivity index (χ2n) is 3.33. The molecule has 0 radical (unpaired) electrons. The zero-order chi connectivity index (χ0) is 9.26. The van der Waals surface area contributed by atoms with Crippen LogP contribution < -0.4 is 0 Å². The molecule has 0 amide bonds. The minimum atomic E-state index is -0.0336. The summed E-state index contributed by atoms with van der Waals surface area (Å²) in [6.45, 7) is 1.13. The SMILES string of the molecule is OCC1OC1COCC1OC1CO. The van der Waals surface area contributed by atoms with E-state index in [4.69, 9.17) is 24.4 Å². The van der Waals surface area contributed by atoms with Gasteiger partial charge in [0.25, 0.3) is 0 Å². The van der Waals surface area contributed by atoms with Crippen molar-refractivity contribution in [2.75, 3.05) is 26.4 Å². The van der Waals surface area contributed by atoms with Crippen molar-refractivity contribution in [3.05, 3.63) is 0 Å². The predicted molar refractivity (Wildman–Crippen MR) is 42.3 cm³/mol. The molecule has 2 aliphatic heterocycles. The van der Waals surface area contributed by atoms with E-state index in [0.29, 0.717) is 13.2 Å². The Morgan fingerprint density at radius 1 is 0.846 bits per heavy atom. The number of hydrogen-bond donors (Lipinski definition) is 2. The Bertz CT molecular complexity index is 156. The first-order valence-electron chi connectivity index (χ1n) is 4.45. The summed E-state index contributed by atoms with van der Waals surface area (Å²) in [7, 11) is 0.